The predicted molar refractivity (Wildman–Crippen MR) is 75.8 cm³/mol. The Kier molecular flexibility index (Phi) is 3.55. The summed E-state index contributed by atoms with van der Waals surface area (Å²) in [6.07, 6.45) is -0.582. The Hall–Kier alpha value is -2.44. The van der Waals surface area contributed by atoms with Crippen molar-refractivity contribution in [2.24, 2.45) is 0 Å². The summed E-state index contributed by atoms with van der Waals surface area (Å²) in [7, 11) is 0. The van der Waals surface area contributed by atoms with Gasteiger partial charge in [0.2, 0.25) is 0 Å². The van der Waals surface area contributed by atoms with Crippen molar-refractivity contribution >= 4 is 5.69 Å². The number of nitro benzene ring substituents is 1. The van der Waals surface area contributed by atoms with Gasteiger partial charge >= 0.3 is 0 Å². The lowest BCUT2D eigenvalue weighted by Gasteiger charge is -2.14. The van der Waals surface area contributed by atoms with Crippen LogP contribution in [-0.2, 0) is 4.74 Å². The molecule has 3 rings (SSSR count). The quantitative estimate of drug-likeness (QED) is 0.669. The number of nitrogens with zero attached hydrogens (tertiary/aromatic N) is 1. The lowest BCUT2D eigenvalue weighted by molar-refractivity contribution is -0.384. The van der Waals surface area contributed by atoms with Crippen molar-refractivity contribution in [2.45, 2.75) is 12.3 Å². The maximum atomic E-state index is 10.6. The molecule has 6 heteroatoms. The minimum Gasteiger partial charge on any atom is -0.508 e. The largest absolute Gasteiger partial charge is 0.508 e. The number of benzene rings is 2. The van der Waals surface area contributed by atoms with Gasteiger partial charge in [0.25, 0.3) is 5.69 Å². The molecule has 0 aromatic heterocycles. The number of nitro groups is 1. The highest BCUT2D eigenvalue weighted by Crippen LogP contribution is 2.34. The third-order valence-electron chi connectivity index (χ3n) is 3.48. The second kappa shape index (κ2) is 5.51. The summed E-state index contributed by atoms with van der Waals surface area (Å²) in [5.74, 6) is 0.180. The Bertz CT molecular complexity index is 657. The van der Waals surface area contributed by atoms with Gasteiger partial charge in [-0.05, 0) is 23.8 Å². The number of para-hydroxylation sites is 1. The van der Waals surface area contributed by atoms with E-state index in [4.69, 9.17) is 4.74 Å². The zero-order chi connectivity index (χ0) is 14.8. The summed E-state index contributed by atoms with van der Waals surface area (Å²) in [6.45, 7) is 0.580. The van der Waals surface area contributed by atoms with Crippen LogP contribution in [0.15, 0.2) is 48.5 Å². The molecule has 0 saturated carbocycles. The van der Waals surface area contributed by atoms with Gasteiger partial charge < -0.3 is 9.84 Å². The Labute approximate surface area is 121 Å². The number of hydrogen-bond donors (Lipinski definition) is 2. The van der Waals surface area contributed by atoms with Crippen LogP contribution in [0.25, 0.3) is 0 Å². The van der Waals surface area contributed by atoms with E-state index in [1.165, 1.54) is 12.1 Å². The summed E-state index contributed by atoms with van der Waals surface area (Å²) in [5.41, 5.74) is 1.61. The fraction of sp³-hybridized carbons (Fsp3) is 0.200. The number of ether oxygens (including phenoxy) is 1. The third-order valence-corrected chi connectivity index (χ3v) is 3.48. The van der Waals surface area contributed by atoms with Gasteiger partial charge in [0.1, 0.15) is 12.0 Å². The molecule has 6 nitrogen and oxygen atoms in total. The number of aromatic hydroxyl groups is 1. The maximum Gasteiger partial charge on any atom is 0.269 e. The molecule has 0 spiro atoms. The van der Waals surface area contributed by atoms with Gasteiger partial charge in [0.15, 0.2) is 0 Å². The third kappa shape index (κ3) is 2.72. The molecule has 2 atom stereocenters. The molecule has 2 unspecified atom stereocenters. The second-order valence-corrected chi connectivity index (χ2v) is 4.82. The van der Waals surface area contributed by atoms with Crippen molar-refractivity contribution in [3.05, 3.63) is 69.8 Å². The van der Waals surface area contributed by atoms with E-state index in [0.717, 1.165) is 5.56 Å². The summed E-state index contributed by atoms with van der Waals surface area (Å²) in [4.78, 5) is 10.2. The van der Waals surface area contributed by atoms with Gasteiger partial charge in [0.05, 0.1) is 11.0 Å². The summed E-state index contributed by atoms with van der Waals surface area (Å²) >= 11 is 0. The van der Waals surface area contributed by atoms with E-state index >= 15 is 0 Å². The number of non-ortho nitro benzene ring substituents is 1. The monoisotopic (exact) mass is 286 g/mol. The summed E-state index contributed by atoms with van der Waals surface area (Å²) < 4.78 is 5.87. The van der Waals surface area contributed by atoms with Crippen molar-refractivity contribution in [1.29, 1.82) is 0 Å². The van der Waals surface area contributed by atoms with Gasteiger partial charge in [-0.1, -0.05) is 18.2 Å². The fourth-order valence-corrected chi connectivity index (χ4v) is 2.37. The van der Waals surface area contributed by atoms with Crippen molar-refractivity contribution in [2.75, 3.05) is 6.54 Å². The van der Waals surface area contributed by atoms with Crippen LogP contribution in [0.1, 0.15) is 23.5 Å². The molecular weight excluding hydrogens is 272 g/mol. The Morgan fingerprint density at radius 3 is 2.57 bits per heavy atom. The summed E-state index contributed by atoms with van der Waals surface area (Å²) in [5, 5.41) is 23.7. The van der Waals surface area contributed by atoms with E-state index in [1.807, 2.05) is 6.07 Å². The van der Waals surface area contributed by atoms with Crippen LogP contribution < -0.4 is 5.32 Å². The normalized spacial score (nSPS) is 21.3. The Morgan fingerprint density at radius 1 is 1.19 bits per heavy atom. The first-order valence-corrected chi connectivity index (χ1v) is 6.56. The molecule has 2 N–H and O–H groups in total. The lowest BCUT2D eigenvalue weighted by atomic mass is 10.1. The highest BCUT2D eigenvalue weighted by molar-refractivity contribution is 5.36. The zero-order valence-electron chi connectivity index (χ0n) is 11.1. The van der Waals surface area contributed by atoms with E-state index < -0.39 is 4.92 Å². The van der Waals surface area contributed by atoms with Crippen LogP contribution >= 0.6 is 0 Å². The van der Waals surface area contributed by atoms with Gasteiger partial charge in [-0.15, -0.1) is 0 Å². The molecule has 1 heterocycles. The fourth-order valence-electron chi connectivity index (χ4n) is 2.37. The molecule has 1 aliphatic rings. The number of hydrogen-bond acceptors (Lipinski definition) is 5. The first-order valence-electron chi connectivity index (χ1n) is 6.56. The van der Waals surface area contributed by atoms with Crippen LogP contribution in [0.5, 0.6) is 5.75 Å². The molecule has 0 radical (unpaired) electrons. The Balaban J connectivity index is 1.75. The number of rotatable bonds is 3. The SMILES string of the molecule is O=[N+]([O-])c1ccc(C2CNC(c3ccccc3O)O2)cc1. The van der Waals surface area contributed by atoms with Crippen molar-refractivity contribution in [3.63, 3.8) is 0 Å². The average molecular weight is 286 g/mol. The standard InChI is InChI=1S/C15H14N2O4/c18-13-4-2-1-3-12(13)15-16-9-14(21-15)10-5-7-11(8-6-10)17(19)20/h1-8,14-16,18H,9H2. The average Bonchev–Trinajstić information content (AvgIpc) is 2.97. The van der Waals surface area contributed by atoms with E-state index in [0.29, 0.717) is 12.1 Å². The van der Waals surface area contributed by atoms with Crippen molar-refractivity contribution in [3.8, 4) is 5.75 Å². The van der Waals surface area contributed by atoms with Crippen LogP contribution in [0, 0.1) is 10.1 Å². The second-order valence-electron chi connectivity index (χ2n) is 4.82. The molecular formula is C15H14N2O4. The maximum absolute atomic E-state index is 10.6. The first kappa shape index (κ1) is 13.5. The van der Waals surface area contributed by atoms with Gasteiger partial charge in [-0.2, -0.15) is 0 Å². The van der Waals surface area contributed by atoms with Gasteiger partial charge in [-0.3, -0.25) is 15.4 Å². The Morgan fingerprint density at radius 2 is 1.90 bits per heavy atom. The van der Waals surface area contributed by atoms with Gasteiger partial charge in [0, 0.05) is 24.2 Å². The topological polar surface area (TPSA) is 84.6 Å². The van der Waals surface area contributed by atoms with Crippen LogP contribution in [0.3, 0.4) is 0 Å². The molecule has 0 amide bonds. The molecule has 0 aliphatic carbocycles. The van der Waals surface area contributed by atoms with Crippen molar-refractivity contribution in [1.82, 2.24) is 5.32 Å². The molecule has 1 saturated heterocycles. The van der Waals surface area contributed by atoms with E-state index in [-0.39, 0.29) is 23.8 Å². The molecule has 1 aliphatic heterocycles. The smallest absolute Gasteiger partial charge is 0.269 e. The van der Waals surface area contributed by atoms with Gasteiger partial charge in [-0.25, -0.2) is 0 Å². The lowest BCUT2D eigenvalue weighted by Crippen LogP contribution is -2.14. The number of phenolic OH excluding ortho intramolecular Hbond substituents is 1. The summed E-state index contributed by atoms with van der Waals surface area (Å²) in [6, 6.07) is 13.3. The zero-order valence-corrected chi connectivity index (χ0v) is 11.1. The van der Waals surface area contributed by atoms with Crippen LogP contribution in [0.2, 0.25) is 0 Å². The predicted octanol–water partition coefficient (Wildman–Crippen LogP) is 2.66. The van der Waals surface area contributed by atoms with Crippen LogP contribution in [-0.4, -0.2) is 16.6 Å². The molecule has 108 valence electrons. The first-order chi connectivity index (χ1) is 10.1. The highest BCUT2D eigenvalue weighted by Gasteiger charge is 2.28. The highest BCUT2D eigenvalue weighted by atomic mass is 16.6. The van der Waals surface area contributed by atoms with E-state index in [2.05, 4.69) is 5.32 Å². The number of phenols is 1. The van der Waals surface area contributed by atoms with E-state index in [1.54, 1.807) is 30.3 Å². The minimum absolute atomic E-state index is 0.0574. The molecule has 2 aromatic rings. The minimum atomic E-state index is -0.428. The van der Waals surface area contributed by atoms with E-state index in [9.17, 15) is 15.2 Å². The van der Waals surface area contributed by atoms with Crippen LogP contribution in [0.4, 0.5) is 5.69 Å². The molecule has 21 heavy (non-hydrogen) atoms. The number of nitrogens with one attached hydrogen (secondary N) is 1. The molecule has 2 aromatic carbocycles. The van der Waals surface area contributed by atoms with Crippen molar-refractivity contribution < 1.29 is 14.8 Å². The molecule has 0 bridgehead atoms. The molecule has 1 fully saturated rings.